The van der Waals surface area contributed by atoms with E-state index in [1.165, 1.54) is 0 Å². The Labute approximate surface area is 136 Å². The predicted molar refractivity (Wildman–Crippen MR) is 92.4 cm³/mol. The Bertz CT molecular complexity index is 744. The standard InChI is InChI=1S/C19H19N3O/c1-2-23-17-11-9-16(10-12-17)22-13-5-8-19(22)21-18-7-4-3-6-15(18)14-20/h3-4,6-7,9-12H,2,5,8,13H2,1H3. The summed E-state index contributed by atoms with van der Waals surface area (Å²) < 4.78 is 5.49. The third kappa shape index (κ3) is 3.35. The van der Waals surface area contributed by atoms with E-state index in [-0.39, 0.29) is 0 Å². The molecule has 1 fully saturated rings. The molecule has 0 atom stereocenters. The second-order valence-corrected chi connectivity index (χ2v) is 5.34. The molecule has 23 heavy (non-hydrogen) atoms. The molecule has 1 aliphatic rings. The van der Waals surface area contributed by atoms with Crippen LogP contribution in [0, 0.1) is 11.3 Å². The Hall–Kier alpha value is -2.80. The van der Waals surface area contributed by atoms with Crippen molar-refractivity contribution in [3.8, 4) is 11.8 Å². The van der Waals surface area contributed by atoms with Crippen molar-refractivity contribution in [2.75, 3.05) is 18.1 Å². The van der Waals surface area contributed by atoms with E-state index in [2.05, 4.69) is 23.1 Å². The maximum absolute atomic E-state index is 9.21. The van der Waals surface area contributed by atoms with Crippen molar-refractivity contribution in [3.05, 3.63) is 54.1 Å². The molecule has 4 heteroatoms. The minimum absolute atomic E-state index is 0.610. The normalized spacial score (nSPS) is 15.7. The summed E-state index contributed by atoms with van der Waals surface area (Å²) in [4.78, 5) is 6.95. The van der Waals surface area contributed by atoms with E-state index in [4.69, 9.17) is 9.73 Å². The average molecular weight is 305 g/mol. The van der Waals surface area contributed by atoms with Crippen LogP contribution in [0.3, 0.4) is 0 Å². The van der Waals surface area contributed by atoms with E-state index < -0.39 is 0 Å². The van der Waals surface area contributed by atoms with Gasteiger partial charge in [-0.3, -0.25) is 0 Å². The monoisotopic (exact) mass is 305 g/mol. The zero-order chi connectivity index (χ0) is 16.1. The number of rotatable bonds is 4. The first kappa shape index (κ1) is 15.1. The highest BCUT2D eigenvalue weighted by molar-refractivity contribution is 6.01. The summed E-state index contributed by atoms with van der Waals surface area (Å²) in [6, 6.07) is 17.8. The van der Waals surface area contributed by atoms with Crippen molar-refractivity contribution in [3.63, 3.8) is 0 Å². The second-order valence-electron chi connectivity index (χ2n) is 5.34. The minimum atomic E-state index is 0.610. The van der Waals surface area contributed by atoms with Gasteiger partial charge < -0.3 is 9.64 Å². The molecule has 3 rings (SSSR count). The summed E-state index contributed by atoms with van der Waals surface area (Å²) in [6.07, 6.45) is 1.99. The predicted octanol–water partition coefficient (Wildman–Crippen LogP) is 4.29. The first-order valence-corrected chi connectivity index (χ1v) is 7.89. The molecule has 0 unspecified atom stereocenters. The molecule has 1 aliphatic heterocycles. The van der Waals surface area contributed by atoms with E-state index >= 15 is 0 Å². The second kappa shape index (κ2) is 6.97. The summed E-state index contributed by atoms with van der Waals surface area (Å²) >= 11 is 0. The van der Waals surface area contributed by atoms with Crippen LogP contribution in [0.4, 0.5) is 11.4 Å². The third-order valence-corrected chi connectivity index (χ3v) is 3.83. The van der Waals surface area contributed by atoms with Crippen LogP contribution in [0.1, 0.15) is 25.3 Å². The minimum Gasteiger partial charge on any atom is -0.494 e. The van der Waals surface area contributed by atoms with E-state index in [0.29, 0.717) is 12.2 Å². The van der Waals surface area contributed by atoms with Crippen LogP contribution in [0.25, 0.3) is 0 Å². The number of aliphatic imine (C=N–C) groups is 1. The first-order chi connectivity index (χ1) is 11.3. The Balaban J connectivity index is 1.88. The number of hydrogen-bond donors (Lipinski definition) is 0. The molecule has 0 saturated carbocycles. The lowest BCUT2D eigenvalue weighted by atomic mass is 10.2. The van der Waals surface area contributed by atoms with Crippen LogP contribution in [-0.2, 0) is 0 Å². The molecule has 2 aromatic rings. The molecule has 0 amide bonds. The molecule has 116 valence electrons. The van der Waals surface area contributed by atoms with E-state index in [0.717, 1.165) is 42.3 Å². The van der Waals surface area contributed by atoms with Gasteiger partial charge in [-0.05, 0) is 49.7 Å². The molecule has 0 bridgehead atoms. The number of ether oxygens (including phenoxy) is 1. The van der Waals surface area contributed by atoms with Gasteiger partial charge in [-0.2, -0.15) is 5.26 Å². The highest BCUT2D eigenvalue weighted by atomic mass is 16.5. The third-order valence-electron chi connectivity index (χ3n) is 3.83. The molecule has 0 spiro atoms. The Morgan fingerprint density at radius 2 is 1.96 bits per heavy atom. The Kier molecular flexibility index (Phi) is 4.58. The molecule has 0 aromatic heterocycles. The van der Waals surface area contributed by atoms with Crippen molar-refractivity contribution < 1.29 is 4.74 Å². The number of benzene rings is 2. The molecule has 0 radical (unpaired) electrons. The SMILES string of the molecule is CCOc1ccc(N2CCCC2=Nc2ccccc2C#N)cc1. The van der Waals surface area contributed by atoms with Crippen LogP contribution in [0.15, 0.2) is 53.5 Å². The molecular formula is C19H19N3O. The Morgan fingerprint density at radius 3 is 2.70 bits per heavy atom. The summed E-state index contributed by atoms with van der Waals surface area (Å²) in [5.41, 5.74) is 2.46. The van der Waals surface area contributed by atoms with Gasteiger partial charge in [0.15, 0.2) is 0 Å². The Morgan fingerprint density at radius 1 is 1.17 bits per heavy atom. The fourth-order valence-electron chi connectivity index (χ4n) is 2.75. The molecule has 1 saturated heterocycles. The van der Waals surface area contributed by atoms with Crippen molar-refractivity contribution in [1.29, 1.82) is 5.26 Å². The summed E-state index contributed by atoms with van der Waals surface area (Å²) in [6.45, 7) is 3.59. The molecule has 0 aliphatic carbocycles. The van der Waals surface area contributed by atoms with Gasteiger partial charge in [0.2, 0.25) is 0 Å². The summed E-state index contributed by atoms with van der Waals surface area (Å²) in [5.74, 6) is 1.89. The maximum Gasteiger partial charge on any atom is 0.119 e. The average Bonchev–Trinajstić information content (AvgIpc) is 3.04. The molecule has 0 N–H and O–H groups in total. The lowest BCUT2D eigenvalue weighted by Gasteiger charge is -2.19. The number of anilines is 1. The van der Waals surface area contributed by atoms with Crippen molar-refractivity contribution in [2.45, 2.75) is 19.8 Å². The highest BCUT2D eigenvalue weighted by Gasteiger charge is 2.20. The van der Waals surface area contributed by atoms with Crippen molar-refractivity contribution in [1.82, 2.24) is 0 Å². The van der Waals surface area contributed by atoms with Gasteiger partial charge in [0, 0.05) is 18.7 Å². The van der Waals surface area contributed by atoms with Gasteiger partial charge in [0.25, 0.3) is 0 Å². The van der Waals surface area contributed by atoms with Gasteiger partial charge in [-0.25, -0.2) is 4.99 Å². The maximum atomic E-state index is 9.21. The van der Waals surface area contributed by atoms with Crippen LogP contribution < -0.4 is 9.64 Å². The van der Waals surface area contributed by atoms with E-state index in [9.17, 15) is 5.26 Å². The smallest absolute Gasteiger partial charge is 0.119 e. The van der Waals surface area contributed by atoms with Crippen LogP contribution in [-0.4, -0.2) is 19.0 Å². The molecule has 4 nitrogen and oxygen atoms in total. The van der Waals surface area contributed by atoms with Crippen LogP contribution in [0.5, 0.6) is 5.75 Å². The van der Waals surface area contributed by atoms with Gasteiger partial charge in [0.1, 0.15) is 17.7 Å². The van der Waals surface area contributed by atoms with Gasteiger partial charge in [-0.1, -0.05) is 12.1 Å². The zero-order valence-corrected chi connectivity index (χ0v) is 13.2. The lowest BCUT2D eigenvalue weighted by molar-refractivity contribution is 0.340. The quantitative estimate of drug-likeness (QED) is 0.846. The number of nitriles is 1. The van der Waals surface area contributed by atoms with Gasteiger partial charge in [0.05, 0.1) is 17.9 Å². The van der Waals surface area contributed by atoms with Gasteiger partial charge in [-0.15, -0.1) is 0 Å². The number of nitrogens with zero attached hydrogens (tertiary/aromatic N) is 3. The van der Waals surface area contributed by atoms with Gasteiger partial charge >= 0.3 is 0 Å². The number of amidine groups is 1. The zero-order valence-electron chi connectivity index (χ0n) is 13.2. The van der Waals surface area contributed by atoms with Crippen LogP contribution in [0.2, 0.25) is 0 Å². The largest absolute Gasteiger partial charge is 0.494 e. The van der Waals surface area contributed by atoms with Crippen molar-refractivity contribution >= 4 is 17.2 Å². The fraction of sp³-hybridized carbons (Fsp3) is 0.263. The van der Waals surface area contributed by atoms with Crippen molar-refractivity contribution in [2.24, 2.45) is 4.99 Å². The van der Waals surface area contributed by atoms with E-state index in [1.54, 1.807) is 6.07 Å². The summed E-state index contributed by atoms with van der Waals surface area (Å²) in [5, 5.41) is 9.21. The fourth-order valence-corrected chi connectivity index (χ4v) is 2.75. The molecule has 1 heterocycles. The number of hydrogen-bond acceptors (Lipinski definition) is 3. The summed E-state index contributed by atoms with van der Waals surface area (Å²) in [7, 11) is 0. The molecule has 2 aromatic carbocycles. The first-order valence-electron chi connectivity index (χ1n) is 7.89. The number of para-hydroxylation sites is 1. The lowest BCUT2D eigenvalue weighted by Crippen LogP contribution is -2.23. The topological polar surface area (TPSA) is 48.6 Å². The van der Waals surface area contributed by atoms with E-state index in [1.807, 2.05) is 37.3 Å². The highest BCUT2D eigenvalue weighted by Crippen LogP contribution is 2.27. The molecular weight excluding hydrogens is 286 g/mol. The van der Waals surface area contributed by atoms with Crippen LogP contribution >= 0.6 is 0 Å².